The lowest BCUT2D eigenvalue weighted by atomic mass is 9.94. The predicted molar refractivity (Wildman–Crippen MR) is 83.1 cm³/mol. The second kappa shape index (κ2) is 8.08. The molecule has 1 fully saturated rings. The summed E-state index contributed by atoms with van der Waals surface area (Å²) in [7, 11) is 3.44. The lowest BCUT2D eigenvalue weighted by Crippen LogP contribution is -2.55. The minimum absolute atomic E-state index is 0.131. The van der Waals surface area contributed by atoms with Gasteiger partial charge in [0.05, 0.1) is 17.7 Å². The Hall–Kier alpha value is -0.690. The number of hydrogen-bond donors (Lipinski definition) is 2. The van der Waals surface area contributed by atoms with Crippen LogP contribution in [-0.2, 0) is 14.3 Å². The number of nitrogens with zero attached hydrogens (tertiary/aromatic N) is 1. The summed E-state index contributed by atoms with van der Waals surface area (Å²) in [6.45, 7) is 8.60. The maximum Gasteiger partial charge on any atom is 0.237 e. The second-order valence-corrected chi connectivity index (χ2v) is 6.41. The fraction of sp³-hybridized carbons (Fsp3) is 0.933. The molecule has 1 amide bonds. The van der Waals surface area contributed by atoms with Gasteiger partial charge in [-0.3, -0.25) is 9.69 Å². The van der Waals surface area contributed by atoms with Crippen LogP contribution in [0.5, 0.6) is 0 Å². The lowest BCUT2D eigenvalue weighted by molar-refractivity contribution is -0.124. The van der Waals surface area contributed by atoms with Gasteiger partial charge in [-0.25, -0.2) is 0 Å². The topological polar surface area (TPSA) is 76.8 Å². The maximum absolute atomic E-state index is 11.7. The minimum atomic E-state index is -0.644. The van der Waals surface area contributed by atoms with E-state index in [2.05, 4.69) is 10.2 Å². The van der Waals surface area contributed by atoms with Gasteiger partial charge in [-0.2, -0.15) is 0 Å². The zero-order chi connectivity index (χ0) is 16.0. The van der Waals surface area contributed by atoms with Gasteiger partial charge in [-0.05, 0) is 40.2 Å². The molecule has 3 atom stereocenters. The van der Waals surface area contributed by atoms with Crippen molar-refractivity contribution in [2.24, 2.45) is 5.73 Å². The van der Waals surface area contributed by atoms with Crippen LogP contribution in [0, 0.1) is 0 Å². The molecule has 1 aliphatic rings. The van der Waals surface area contributed by atoms with E-state index in [1.54, 1.807) is 14.2 Å². The Morgan fingerprint density at radius 2 is 1.86 bits per heavy atom. The van der Waals surface area contributed by atoms with Crippen molar-refractivity contribution >= 4 is 5.91 Å². The smallest absolute Gasteiger partial charge is 0.237 e. The Morgan fingerprint density at radius 3 is 2.24 bits per heavy atom. The van der Waals surface area contributed by atoms with Crippen molar-refractivity contribution in [1.82, 2.24) is 10.2 Å². The predicted octanol–water partition coefficient (Wildman–Crippen LogP) is 0.354. The van der Waals surface area contributed by atoms with E-state index in [9.17, 15) is 4.79 Å². The number of methoxy groups -OCH3 is 2. The number of hydrogen-bond acceptors (Lipinski definition) is 5. The number of nitrogens with one attached hydrogen (secondary N) is 1. The molecule has 1 heterocycles. The standard InChI is InChI=1S/C15H31N3O3/c1-11(2)17-15(3,14(16)19)7-6-8-18-9-12(20-4)13(10-18)21-5/h11-13,17H,6-10H2,1-5H3,(H2,16,19). The molecule has 3 unspecified atom stereocenters. The Bertz CT molecular complexity index is 326. The Labute approximate surface area is 128 Å². The van der Waals surface area contributed by atoms with Gasteiger partial charge in [0.15, 0.2) is 0 Å². The molecular formula is C15H31N3O3. The SMILES string of the molecule is COC1CN(CCCC(C)(NC(C)C)C(N)=O)CC1OC. The van der Waals surface area contributed by atoms with Crippen molar-refractivity contribution < 1.29 is 14.3 Å². The number of carbonyl (C=O) groups is 1. The van der Waals surface area contributed by atoms with Crippen LogP contribution < -0.4 is 11.1 Å². The van der Waals surface area contributed by atoms with Gasteiger partial charge in [-0.15, -0.1) is 0 Å². The number of likely N-dealkylation sites (tertiary alicyclic amines) is 1. The van der Waals surface area contributed by atoms with Gasteiger partial charge < -0.3 is 20.5 Å². The summed E-state index contributed by atoms with van der Waals surface area (Å²) in [5.74, 6) is -0.290. The lowest BCUT2D eigenvalue weighted by Gasteiger charge is -2.30. The molecule has 124 valence electrons. The maximum atomic E-state index is 11.7. The van der Waals surface area contributed by atoms with Crippen LogP contribution >= 0.6 is 0 Å². The third-order valence-corrected chi connectivity index (χ3v) is 4.20. The molecule has 0 aromatic carbocycles. The van der Waals surface area contributed by atoms with Crippen LogP contribution in [0.3, 0.4) is 0 Å². The molecule has 6 heteroatoms. The van der Waals surface area contributed by atoms with E-state index < -0.39 is 5.54 Å². The van der Waals surface area contributed by atoms with E-state index >= 15 is 0 Å². The molecule has 0 radical (unpaired) electrons. The van der Waals surface area contributed by atoms with Crippen molar-refractivity contribution in [2.45, 2.75) is 57.4 Å². The fourth-order valence-electron chi connectivity index (χ4n) is 3.01. The number of rotatable bonds is 9. The van der Waals surface area contributed by atoms with Crippen LogP contribution in [0.25, 0.3) is 0 Å². The van der Waals surface area contributed by atoms with Crippen LogP contribution in [0.2, 0.25) is 0 Å². The van der Waals surface area contributed by atoms with Gasteiger partial charge in [0.25, 0.3) is 0 Å². The van der Waals surface area contributed by atoms with E-state index in [-0.39, 0.29) is 24.2 Å². The van der Waals surface area contributed by atoms with E-state index in [1.165, 1.54) is 0 Å². The van der Waals surface area contributed by atoms with Crippen LogP contribution in [0.4, 0.5) is 0 Å². The highest BCUT2D eigenvalue weighted by Crippen LogP contribution is 2.18. The molecule has 1 rings (SSSR count). The van der Waals surface area contributed by atoms with Crippen molar-refractivity contribution in [3.05, 3.63) is 0 Å². The van der Waals surface area contributed by atoms with Gasteiger partial charge in [-0.1, -0.05) is 0 Å². The van der Waals surface area contributed by atoms with Gasteiger partial charge in [0, 0.05) is 33.4 Å². The molecule has 0 bridgehead atoms. The quantitative estimate of drug-likeness (QED) is 0.643. The first-order valence-electron chi connectivity index (χ1n) is 7.68. The van der Waals surface area contributed by atoms with Crippen molar-refractivity contribution in [3.8, 4) is 0 Å². The summed E-state index contributed by atoms with van der Waals surface area (Å²) >= 11 is 0. The summed E-state index contributed by atoms with van der Waals surface area (Å²) < 4.78 is 10.9. The molecule has 3 N–H and O–H groups in total. The van der Waals surface area contributed by atoms with E-state index in [4.69, 9.17) is 15.2 Å². The van der Waals surface area contributed by atoms with Crippen LogP contribution in [0.15, 0.2) is 0 Å². The summed E-state index contributed by atoms with van der Waals surface area (Å²) in [6, 6.07) is 0.227. The Balaban J connectivity index is 2.43. The second-order valence-electron chi connectivity index (χ2n) is 6.41. The van der Waals surface area contributed by atoms with Crippen LogP contribution in [-0.4, -0.2) is 68.4 Å². The van der Waals surface area contributed by atoms with Gasteiger partial charge in [0.1, 0.15) is 0 Å². The molecule has 6 nitrogen and oxygen atoms in total. The monoisotopic (exact) mass is 301 g/mol. The van der Waals surface area contributed by atoms with E-state index in [0.717, 1.165) is 32.5 Å². The molecule has 0 aromatic heterocycles. The summed E-state index contributed by atoms with van der Waals surface area (Å²) in [6.07, 6.45) is 1.90. The molecule has 0 spiro atoms. The zero-order valence-electron chi connectivity index (χ0n) is 14.0. The molecule has 1 aliphatic heterocycles. The summed E-state index contributed by atoms with van der Waals surface area (Å²) in [4.78, 5) is 14.0. The Morgan fingerprint density at radius 1 is 1.33 bits per heavy atom. The first-order valence-corrected chi connectivity index (χ1v) is 7.68. The van der Waals surface area contributed by atoms with Crippen molar-refractivity contribution in [3.63, 3.8) is 0 Å². The summed E-state index contributed by atoms with van der Waals surface area (Å²) in [5, 5.41) is 3.28. The molecular weight excluding hydrogens is 270 g/mol. The average Bonchev–Trinajstić information content (AvgIpc) is 2.80. The fourth-order valence-corrected chi connectivity index (χ4v) is 3.01. The summed E-state index contributed by atoms with van der Waals surface area (Å²) in [5.41, 5.74) is 4.90. The highest BCUT2D eigenvalue weighted by atomic mass is 16.5. The van der Waals surface area contributed by atoms with E-state index in [1.807, 2.05) is 20.8 Å². The van der Waals surface area contributed by atoms with Crippen molar-refractivity contribution in [2.75, 3.05) is 33.9 Å². The zero-order valence-corrected chi connectivity index (χ0v) is 14.0. The number of nitrogens with two attached hydrogens (primary N) is 1. The van der Waals surface area contributed by atoms with E-state index in [0.29, 0.717) is 0 Å². The first-order chi connectivity index (χ1) is 9.82. The molecule has 21 heavy (non-hydrogen) atoms. The first kappa shape index (κ1) is 18.4. The highest BCUT2D eigenvalue weighted by molar-refractivity contribution is 5.84. The Kier molecular flexibility index (Phi) is 7.06. The van der Waals surface area contributed by atoms with Crippen LogP contribution in [0.1, 0.15) is 33.6 Å². The minimum Gasteiger partial charge on any atom is -0.377 e. The average molecular weight is 301 g/mol. The number of amides is 1. The highest BCUT2D eigenvalue weighted by Gasteiger charge is 2.34. The molecule has 0 saturated carbocycles. The third-order valence-electron chi connectivity index (χ3n) is 4.20. The number of primary amides is 1. The largest absolute Gasteiger partial charge is 0.377 e. The molecule has 0 aromatic rings. The van der Waals surface area contributed by atoms with Gasteiger partial charge in [0.2, 0.25) is 5.91 Å². The normalized spacial score (nSPS) is 26.2. The third kappa shape index (κ3) is 5.21. The number of ether oxygens (including phenoxy) is 2. The number of carbonyl (C=O) groups excluding carboxylic acids is 1. The van der Waals surface area contributed by atoms with Crippen molar-refractivity contribution in [1.29, 1.82) is 0 Å². The van der Waals surface area contributed by atoms with Gasteiger partial charge >= 0.3 is 0 Å². The molecule has 1 saturated heterocycles. The molecule has 0 aliphatic carbocycles.